The normalized spacial score (nSPS) is 18.4. The van der Waals surface area contributed by atoms with Crippen molar-refractivity contribution in [2.24, 2.45) is 5.41 Å². The summed E-state index contributed by atoms with van der Waals surface area (Å²) >= 11 is 0. The van der Waals surface area contributed by atoms with Crippen LogP contribution in [0.4, 0.5) is 0 Å². The van der Waals surface area contributed by atoms with Crippen molar-refractivity contribution in [2.45, 2.75) is 53.3 Å². The van der Waals surface area contributed by atoms with Gasteiger partial charge in [-0.3, -0.25) is 9.59 Å². The van der Waals surface area contributed by atoms with Crippen LogP contribution >= 0.6 is 0 Å². The van der Waals surface area contributed by atoms with Gasteiger partial charge in [0.15, 0.2) is 5.78 Å². The molecule has 0 aromatic heterocycles. The van der Waals surface area contributed by atoms with Crippen LogP contribution in [0.2, 0.25) is 19.6 Å². The Kier molecular flexibility index (Phi) is 5.20. The first-order valence-corrected chi connectivity index (χ1v) is 10.6. The minimum Gasteiger partial charge on any atom is -0.544 e. The molecule has 0 aromatic rings. The topological polar surface area (TPSA) is 52.6 Å². The van der Waals surface area contributed by atoms with Crippen LogP contribution < -0.4 is 0 Å². The summed E-state index contributed by atoms with van der Waals surface area (Å²) in [5, 5.41) is 0. The van der Waals surface area contributed by atoms with E-state index in [1.165, 1.54) is 7.11 Å². The highest BCUT2D eigenvalue weighted by Crippen LogP contribution is 2.40. The van der Waals surface area contributed by atoms with Crippen molar-refractivity contribution in [3.05, 3.63) is 23.0 Å². The van der Waals surface area contributed by atoms with E-state index in [-0.39, 0.29) is 18.2 Å². The molecule has 1 aliphatic rings. The second-order valence-electron chi connectivity index (χ2n) is 6.91. The molecule has 1 aliphatic carbocycles. The Labute approximate surface area is 128 Å². The fraction of sp³-hybridized carbons (Fsp3) is 0.625. The fourth-order valence-corrected chi connectivity index (χ4v) is 3.31. The second kappa shape index (κ2) is 6.18. The monoisotopic (exact) mass is 310 g/mol. The van der Waals surface area contributed by atoms with Gasteiger partial charge in [-0.05, 0) is 64.1 Å². The number of esters is 1. The summed E-state index contributed by atoms with van der Waals surface area (Å²) in [5.74, 6) is 0.579. The van der Waals surface area contributed by atoms with E-state index in [4.69, 9.17) is 9.16 Å². The SMILES string of the molecule is COC(=O)CCC1=C(O[Si](C)(C)C)C=C(C)C(=O)C1(C)C. The molecule has 0 N–H and O–H groups in total. The Morgan fingerprint density at radius 1 is 1.29 bits per heavy atom. The number of rotatable bonds is 5. The maximum Gasteiger partial charge on any atom is 0.305 e. The minimum atomic E-state index is -1.80. The minimum absolute atomic E-state index is 0.0882. The number of methoxy groups -OCH3 is 1. The molecule has 0 spiro atoms. The molecule has 0 saturated heterocycles. The Bertz CT molecular complexity index is 507. The largest absolute Gasteiger partial charge is 0.544 e. The Balaban J connectivity index is 3.22. The molecule has 0 atom stereocenters. The van der Waals surface area contributed by atoms with E-state index in [0.29, 0.717) is 12.0 Å². The summed E-state index contributed by atoms with van der Waals surface area (Å²) < 4.78 is 10.8. The molecule has 0 heterocycles. The van der Waals surface area contributed by atoms with Crippen LogP contribution in [-0.2, 0) is 18.8 Å². The Hall–Kier alpha value is -1.36. The van der Waals surface area contributed by atoms with Crippen molar-refractivity contribution in [3.63, 3.8) is 0 Å². The number of ether oxygens (including phenoxy) is 1. The molecule has 0 aromatic carbocycles. The standard InChI is InChI=1S/C16H26O4Si/c1-11-10-13(20-21(5,6)7)12(8-9-14(17)19-4)16(2,3)15(11)18/h10H,8-9H2,1-7H3. The Morgan fingerprint density at radius 2 is 1.86 bits per heavy atom. The number of hydrogen-bond donors (Lipinski definition) is 0. The van der Waals surface area contributed by atoms with E-state index in [9.17, 15) is 9.59 Å². The molecular weight excluding hydrogens is 284 g/mol. The van der Waals surface area contributed by atoms with Crippen molar-refractivity contribution in [3.8, 4) is 0 Å². The molecule has 1 rings (SSSR count). The number of ketones is 1. The summed E-state index contributed by atoms with van der Waals surface area (Å²) in [6.07, 6.45) is 2.56. The van der Waals surface area contributed by atoms with Gasteiger partial charge in [0.2, 0.25) is 8.32 Å². The highest BCUT2D eigenvalue weighted by molar-refractivity contribution is 6.70. The van der Waals surface area contributed by atoms with Gasteiger partial charge < -0.3 is 9.16 Å². The van der Waals surface area contributed by atoms with E-state index in [1.807, 2.05) is 26.8 Å². The molecule has 0 fully saturated rings. The number of carbonyl (C=O) groups is 2. The smallest absolute Gasteiger partial charge is 0.305 e. The first kappa shape index (κ1) is 17.7. The predicted octanol–water partition coefficient (Wildman–Crippen LogP) is 3.60. The van der Waals surface area contributed by atoms with Crippen LogP contribution in [0.3, 0.4) is 0 Å². The molecule has 118 valence electrons. The highest BCUT2D eigenvalue weighted by Gasteiger charge is 2.39. The number of hydrogen-bond acceptors (Lipinski definition) is 4. The van der Waals surface area contributed by atoms with Gasteiger partial charge in [-0.15, -0.1) is 0 Å². The number of Topliss-reactive ketones (excluding diaryl/α,β-unsaturated/α-hetero) is 1. The van der Waals surface area contributed by atoms with Gasteiger partial charge in [0, 0.05) is 6.42 Å². The third kappa shape index (κ3) is 4.30. The number of allylic oxidation sites excluding steroid dienone is 3. The van der Waals surface area contributed by atoms with Gasteiger partial charge in [-0.1, -0.05) is 0 Å². The first-order valence-electron chi connectivity index (χ1n) is 7.21. The van der Waals surface area contributed by atoms with Crippen molar-refractivity contribution >= 4 is 20.1 Å². The van der Waals surface area contributed by atoms with Crippen molar-refractivity contribution in [1.82, 2.24) is 0 Å². The van der Waals surface area contributed by atoms with Gasteiger partial charge >= 0.3 is 5.97 Å². The van der Waals surface area contributed by atoms with Crippen LogP contribution in [0.15, 0.2) is 23.0 Å². The lowest BCUT2D eigenvalue weighted by atomic mass is 9.72. The van der Waals surface area contributed by atoms with Crippen LogP contribution in [0.5, 0.6) is 0 Å². The first-order chi connectivity index (χ1) is 9.49. The fourth-order valence-electron chi connectivity index (χ4n) is 2.47. The molecule has 0 bridgehead atoms. The number of carbonyl (C=O) groups excluding carboxylic acids is 2. The zero-order valence-corrected chi connectivity index (χ0v) is 15.1. The second-order valence-corrected chi connectivity index (χ2v) is 11.3. The molecule has 4 nitrogen and oxygen atoms in total. The molecule has 21 heavy (non-hydrogen) atoms. The average Bonchev–Trinajstić information content (AvgIpc) is 2.33. The van der Waals surface area contributed by atoms with Gasteiger partial charge in [-0.25, -0.2) is 0 Å². The molecular formula is C16H26O4Si. The lowest BCUT2D eigenvalue weighted by molar-refractivity contribution is -0.140. The maximum absolute atomic E-state index is 12.4. The summed E-state index contributed by atoms with van der Waals surface area (Å²) in [4.78, 5) is 23.8. The molecule has 0 unspecified atom stereocenters. The molecule has 0 radical (unpaired) electrons. The summed E-state index contributed by atoms with van der Waals surface area (Å²) in [7, 11) is -0.423. The van der Waals surface area contributed by atoms with Crippen LogP contribution in [0.1, 0.15) is 33.6 Å². The van der Waals surface area contributed by atoms with Crippen molar-refractivity contribution in [1.29, 1.82) is 0 Å². The van der Waals surface area contributed by atoms with Crippen LogP contribution in [0, 0.1) is 5.41 Å². The third-order valence-corrected chi connectivity index (χ3v) is 4.38. The van der Waals surface area contributed by atoms with Gasteiger partial charge in [0.05, 0.1) is 12.5 Å². The van der Waals surface area contributed by atoms with Gasteiger partial charge in [-0.2, -0.15) is 0 Å². The summed E-state index contributed by atoms with van der Waals surface area (Å²) in [5.41, 5.74) is 0.961. The lowest BCUT2D eigenvalue weighted by Gasteiger charge is -2.35. The van der Waals surface area contributed by atoms with E-state index in [2.05, 4.69) is 19.6 Å². The van der Waals surface area contributed by atoms with E-state index in [1.54, 1.807) is 0 Å². The quantitative estimate of drug-likeness (QED) is 0.575. The predicted molar refractivity (Wildman–Crippen MR) is 85.3 cm³/mol. The lowest BCUT2D eigenvalue weighted by Crippen LogP contribution is -2.34. The van der Waals surface area contributed by atoms with Gasteiger partial charge in [0.25, 0.3) is 0 Å². The molecule has 0 amide bonds. The zero-order valence-electron chi connectivity index (χ0n) is 14.1. The van der Waals surface area contributed by atoms with Crippen molar-refractivity contribution < 1.29 is 18.8 Å². The van der Waals surface area contributed by atoms with Gasteiger partial charge in [0.1, 0.15) is 5.76 Å². The van der Waals surface area contributed by atoms with E-state index < -0.39 is 13.7 Å². The Morgan fingerprint density at radius 3 is 2.33 bits per heavy atom. The van der Waals surface area contributed by atoms with Crippen molar-refractivity contribution in [2.75, 3.05) is 7.11 Å². The third-order valence-electron chi connectivity index (χ3n) is 3.55. The summed E-state index contributed by atoms with van der Waals surface area (Å²) in [6, 6.07) is 0. The zero-order chi connectivity index (χ0) is 16.4. The highest BCUT2D eigenvalue weighted by atomic mass is 28.4. The average molecular weight is 310 g/mol. The summed E-state index contributed by atoms with van der Waals surface area (Å²) in [6.45, 7) is 11.9. The van der Waals surface area contributed by atoms with Crippen LogP contribution in [0.25, 0.3) is 0 Å². The molecule has 0 aliphatic heterocycles. The molecule has 0 saturated carbocycles. The maximum atomic E-state index is 12.4. The van der Waals surface area contributed by atoms with E-state index in [0.717, 1.165) is 11.3 Å². The molecule has 5 heteroatoms. The van der Waals surface area contributed by atoms with Crippen LogP contribution in [-0.4, -0.2) is 27.2 Å². The van der Waals surface area contributed by atoms with E-state index >= 15 is 0 Å².